The van der Waals surface area contributed by atoms with Crippen molar-refractivity contribution in [1.29, 1.82) is 0 Å². The molecule has 1 heterocycles. The minimum absolute atomic E-state index is 0.541. The van der Waals surface area contributed by atoms with E-state index in [-0.39, 0.29) is 0 Å². The molecule has 0 spiro atoms. The fraction of sp³-hybridized carbons (Fsp3) is 0.235. The summed E-state index contributed by atoms with van der Waals surface area (Å²) in [4.78, 5) is 5.34. The van der Waals surface area contributed by atoms with Gasteiger partial charge in [-0.15, -0.1) is 11.3 Å². The van der Waals surface area contributed by atoms with Crippen LogP contribution in [0, 0.1) is 0 Å². The van der Waals surface area contributed by atoms with Crippen molar-refractivity contribution in [3.63, 3.8) is 0 Å². The van der Waals surface area contributed by atoms with Crippen molar-refractivity contribution in [2.24, 2.45) is 0 Å². The second-order valence-corrected chi connectivity index (χ2v) is 14.3. The summed E-state index contributed by atoms with van der Waals surface area (Å²) in [5.41, 5.74) is 2.55. The molecule has 0 aliphatic carbocycles. The van der Waals surface area contributed by atoms with Gasteiger partial charge in [-0.3, -0.25) is 0 Å². The molecule has 0 amide bonds. The van der Waals surface area contributed by atoms with Crippen molar-refractivity contribution in [3.05, 3.63) is 60.2 Å². The molecule has 0 aliphatic rings. The lowest BCUT2D eigenvalue weighted by atomic mass is 10.2. The predicted molar refractivity (Wildman–Crippen MR) is 98.0 cm³/mol. The lowest BCUT2D eigenvalue weighted by Crippen LogP contribution is -2.28. The first-order valence-corrected chi connectivity index (χ1v) is 12.4. The molecule has 3 rings (SSSR count). The Morgan fingerprint density at radius 3 is 2.29 bits per heavy atom. The molecule has 0 bridgehead atoms. The third-order valence-electron chi connectivity index (χ3n) is 3.38. The first kappa shape index (κ1) is 14.8. The highest BCUT2D eigenvalue weighted by atomic mass is 32.2. The topological polar surface area (TPSA) is 12.9 Å². The summed E-state index contributed by atoms with van der Waals surface area (Å²) in [6, 6.07) is 19.3. The average molecular weight is 330 g/mol. The lowest BCUT2D eigenvalue weighted by Gasteiger charge is -2.28. The van der Waals surface area contributed by atoms with Crippen LogP contribution in [0.15, 0.2) is 58.9 Å². The molecule has 1 aromatic heterocycles. The van der Waals surface area contributed by atoms with E-state index in [1.165, 1.54) is 14.6 Å². The Labute approximate surface area is 135 Å². The zero-order valence-electron chi connectivity index (χ0n) is 12.5. The molecule has 1 nitrogen and oxygen atoms in total. The number of thioether (sulfide) groups is 1. The monoisotopic (exact) mass is 329 g/mol. The number of fused-ring (bicyclic) bond motifs is 1. The number of aromatic nitrogens is 1. The second kappa shape index (κ2) is 5.95. The predicted octanol–water partition coefficient (Wildman–Crippen LogP) is 6.01. The maximum Gasteiger partial charge on any atom is 0.151 e. The molecule has 3 aromatic rings. The van der Waals surface area contributed by atoms with E-state index in [0.29, 0.717) is 4.87 Å². The molecule has 0 saturated carbocycles. The Balaban J connectivity index is 1.95. The second-order valence-electron chi connectivity index (χ2n) is 6.22. The van der Waals surface area contributed by atoms with E-state index in [2.05, 4.69) is 74.2 Å². The zero-order valence-corrected chi connectivity index (χ0v) is 15.2. The Kier molecular flexibility index (Phi) is 4.20. The number of thiazole rings is 1. The van der Waals surface area contributed by atoms with E-state index < -0.39 is 8.07 Å². The molecule has 0 fully saturated rings. The van der Waals surface area contributed by atoms with Gasteiger partial charge in [0.25, 0.3) is 0 Å². The molecule has 108 valence electrons. The number of benzene rings is 2. The Bertz CT molecular complexity index is 698. The van der Waals surface area contributed by atoms with Gasteiger partial charge in [-0.05, 0) is 17.7 Å². The summed E-state index contributed by atoms with van der Waals surface area (Å²) in [7, 11) is -1.33. The highest BCUT2D eigenvalue weighted by molar-refractivity contribution is 8.02. The Hall–Kier alpha value is -1.10. The molecule has 4 heteroatoms. The van der Waals surface area contributed by atoms with Crippen LogP contribution in [0.25, 0.3) is 10.2 Å². The average Bonchev–Trinajstić information content (AvgIpc) is 2.87. The summed E-state index contributed by atoms with van der Waals surface area (Å²) in [6.45, 7) is 7.31. The Morgan fingerprint density at radius 1 is 0.952 bits per heavy atom. The third-order valence-corrected chi connectivity index (χ3v) is 9.93. The van der Waals surface area contributed by atoms with E-state index in [1.807, 2.05) is 23.1 Å². The smallest absolute Gasteiger partial charge is 0.151 e. The van der Waals surface area contributed by atoms with Crippen LogP contribution in [0.3, 0.4) is 0 Å². The van der Waals surface area contributed by atoms with Gasteiger partial charge in [0.15, 0.2) is 4.34 Å². The van der Waals surface area contributed by atoms with Crippen molar-refractivity contribution in [2.75, 3.05) is 0 Å². The van der Waals surface area contributed by atoms with Crippen LogP contribution < -0.4 is 0 Å². The number of hydrogen-bond donors (Lipinski definition) is 0. The molecular weight excluding hydrogens is 310 g/mol. The van der Waals surface area contributed by atoms with E-state index in [1.54, 1.807) is 0 Å². The zero-order chi connectivity index (χ0) is 14.9. The SMILES string of the molecule is C[Si](C)(C)C(Sc1nc2ccccc2s1)c1ccccc1. The molecule has 0 N–H and O–H groups in total. The maximum atomic E-state index is 4.80. The number of rotatable bonds is 4. The first-order valence-electron chi connectivity index (χ1n) is 7.11. The van der Waals surface area contributed by atoms with Gasteiger partial charge in [0.1, 0.15) is 0 Å². The van der Waals surface area contributed by atoms with Crippen molar-refractivity contribution in [3.8, 4) is 0 Å². The Morgan fingerprint density at radius 2 is 1.62 bits per heavy atom. The van der Waals surface area contributed by atoms with Crippen LogP contribution in [-0.2, 0) is 0 Å². The van der Waals surface area contributed by atoms with Crippen LogP contribution >= 0.6 is 23.1 Å². The van der Waals surface area contributed by atoms with Crippen molar-refractivity contribution >= 4 is 41.4 Å². The molecule has 0 aliphatic heterocycles. The number of para-hydroxylation sites is 1. The fourth-order valence-electron chi connectivity index (χ4n) is 2.37. The summed E-state index contributed by atoms with van der Waals surface area (Å²) in [5, 5.41) is 0. The van der Waals surface area contributed by atoms with Gasteiger partial charge in [0, 0.05) is 4.87 Å². The van der Waals surface area contributed by atoms with E-state index in [4.69, 9.17) is 4.98 Å². The normalized spacial score (nSPS) is 13.5. The van der Waals surface area contributed by atoms with Crippen molar-refractivity contribution < 1.29 is 0 Å². The molecule has 21 heavy (non-hydrogen) atoms. The number of hydrogen-bond acceptors (Lipinski definition) is 3. The molecule has 2 aromatic carbocycles. The van der Waals surface area contributed by atoms with Crippen LogP contribution in [0.4, 0.5) is 0 Å². The maximum absolute atomic E-state index is 4.80. The van der Waals surface area contributed by atoms with Gasteiger partial charge >= 0.3 is 0 Å². The van der Waals surface area contributed by atoms with Crippen LogP contribution in [-0.4, -0.2) is 13.1 Å². The van der Waals surface area contributed by atoms with Crippen LogP contribution in [0.5, 0.6) is 0 Å². The quantitative estimate of drug-likeness (QED) is 0.429. The number of nitrogens with zero attached hydrogens (tertiary/aromatic N) is 1. The standard InChI is InChI=1S/C17H19NS2Si/c1-21(2,3)16(13-9-5-4-6-10-13)20-17-18-14-11-7-8-12-15(14)19-17/h4-12,16H,1-3H3. The fourth-order valence-corrected chi connectivity index (χ4v) is 7.67. The summed E-state index contributed by atoms with van der Waals surface area (Å²) in [5.74, 6) is 0. The van der Waals surface area contributed by atoms with Crippen molar-refractivity contribution in [1.82, 2.24) is 4.98 Å². The van der Waals surface area contributed by atoms with Gasteiger partial charge in [-0.25, -0.2) is 4.98 Å². The van der Waals surface area contributed by atoms with Gasteiger partial charge in [0.2, 0.25) is 0 Å². The van der Waals surface area contributed by atoms with E-state index in [9.17, 15) is 0 Å². The van der Waals surface area contributed by atoms with E-state index >= 15 is 0 Å². The summed E-state index contributed by atoms with van der Waals surface area (Å²) >= 11 is 3.75. The third kappa shape index (κ3) is 3.39. The summed E-state index contributed by atoms with van der Waals surface area (Å²) in [6.07, 6.45) is 0. The van der Waals surface area contributed by atoms with Gasteiger partial charge in [0.05, 0.1) is 18.3 Å². The largest absolute Gasteiger partial charge is 0.230 e. The molecular formula is C17H19NS2Si. The van der Waals surface area contributed by atoms with Crippen LogP contribution in [0.1, 0.15) is 10.4 Å². The minimum Gasteiger partial charge on any atom is -0.230 e. The van der Waals surface area contributed by atoms with Gasteiger partial charge in [-0.1, -0.05) is 73.9 Å². The summed E-state index contributed by atoms with van der Waals surface area (Å²) < 4.78 is 2.47. The van der Waals surface area contributed by atoms with E-state index in [0.717, 1.165) is 5.52 Å². The lowest BCUT2D eigenvalue weighted by molar-refractivity contribution is 1.23. The van der Waals surface area contributed by atoms with Crippen molar-refractivity contribution in [2.45, 2.75) is 28.9 Å². The first-order chi connectivity index (χ1) is 10.0. The highest BCUT2D eigenvalue weighted by Gasteiger charge is 2.30. The molecule has 0 saturated heterocycles. The molecule has 0 radical (unpaired) electrons. The van der Waals surface area contributed by atoms with Gasteiger partial charge in [-0.2, -0.15) is 0 Å². The molecule has 1 unspecified atom stereocenters. The highest BCUT2D eigenvalue weighted by Crippen LogP contribution is 2.44. The van der Waals surface area contributed by atoms with Crippen LogP contribution in [0.2, 0.25) is 19.6 Å². The molecule has 1 atom stereocenters. The minimum atomic E-state index is -1.33. The van der Waals surface area contributed by atoms with Gasteiger partial charge < -0.3 is 0 Å².